The Hall–Kier alpha value is -2.14. The number of aromatic carboxylic acids is 1. The van der Waals surface area contributed by atoms with Crippen molar-refractivity contribution in [3.8, 4) is 5.88 Å². The number of carboxylic acid groups (broad SMARTS) is 1. The Morgan fingerprint density at radius 3 is 2.79 bits per heavy atom. The molecule has 1 N–H and O–H groups in total. The highest BCUT2D eigenvalue weighted by Crippen LogP contribution is 2.24. The highest BCUT2D eigenvalue weighted by atomic mass is 16.5. The molecule has 0 amide bonds. The van der Waals surface area contributed by atoms with Crippen LogP contribution in [0, 0.1) is 0 Å². The topological polar surface area (TPSA) is 62.7 Å². The monoisotopic (exact) mass is 260 g/mol. The number of carboxylic acids is 1. The van der Waals surface area contributed by atoms with Crippen LogP contribution in [0.2, 0.25) is 0 Å². The average molecular weight is 260 g/mol. The normalized spacial score (nSPS) is 10.9. The Morgan fingerprint density at radius 1 is 1.37 bits per heavy atom. The highest BCUT2D eigenvalue weighted by molar-refractivity contribution is 5.94. The van der Waals surface area contributed by atoms with Crippen molar-refractivity contribution in [3.63, 3.8) is 0 Å². The fourth-order valence-corrected chi connectivity index (χ4v) is 1.71. The van der Waals surface area contributed by atoms with Gasteiger partial charge in [-0.3, -0.25) is 0 Å². The lowest BCUT2D eigenvalue weighted by atomic mass is 10.1. The summed E-state index contributed by atoms with van der Waals surface area (Å²) in [6.07, 6.45) is 0. The summed E-state index contributed by atoms with van der Waals surface area (Å²) < 4.78 is 5.60. The third-order valence-corrected chi connectivity index (χ3v) is 2.70. The molecule has 1 heterocycles. The fraction of sp³-hybridized carbons (Fsp3) is 0.286. The maximum Gasteiger partial charge on any atom is 0.354 e. The van der Waals surface area contributed by atoms with E-state index in [0.29, 0.717) is 12.5 Å². The number of nitrogens with zero attached hydrogens (tertiary/aromatic N) is 2. The molecule has 1 aromatic heterocycles. The Morgan fingerprint density at radius 2 is 2.11 bits per heavy atom. The molecular formula is C14H16N2O3. The summed E-state index contributed by atoms with van der Waals surface area (Å²) in [6, 6.07) is 9.01. The second-order valence-electron chi connectivity index (χ2n) is 4.49. The number of ether oxygens (including phenoxy) is 1. The number of hydrogen-bond donors (Lipinski definition) is 1. The molecule has 0 spiro atoms. The summed E-state index contributed by atoms with van der Waals surface area (Å²) in [4.78, 5) is 17.1. The van der Waals surface area contributed by atoms with Crippen molar-refractivity contribution in [2.45, 2.75) is 0 Å². The lowest BCUT2D eigenvalue weighted by Gasteiger charge is -2.12. The lowest BCUT2D eigenvalue weighted by molar-refractivity contribution is 0.0689. The minimum absolute atomic E-state index is 0.00134. The van der Waals surface area contributed by atoms with Gasteiger partial charge in [-0.15, -0.1) is 0 Å². The van der Waals surface area contributed by atoms with Crippen LogP contribution in [0.3, 0.4) is 0 Å². The van der Waals surface area contributed by atoms with Gasteiger partial charge in [0.25, 0.3) is 0 Å². The zero-order valence-electron chi connectivity index (χ0n) is 11.0. The third-order valence-electron chi connectivity index (χ3n) is 2.70. The smallest absolute Gasteiger partial charge is 0.354 e. The number of carbonyl (C=O) groups is 1. The molecule has 19 heavy (non-hydrogen) atoms. The summed E-state index contributed by atoms with van der Waals surface area (Å²) in [5.41, 5.74) is -0.00134. The number of likely N-dealkylation sites (N-methyl/N-ethyl adjacent to an activating group) is 1. The summed E-state index contributed by atoms with van der Waals surface area (Å²) in [6.45, 7) is 1.21. The second-order valence-corrected chi connectivity index (χ2v) is 4.49. The molecule has 1 aromatic carbocycles. The number of fused-ring (bicyclic) bond motifs is 1. The van der Waals surface area contributed by atoms with Crippen LogP contribution in [-0.4, -0.2) is 48.2 Å². The van der Waals surface area contributed by atoms with Crippen LogP contribution in [0.15, 0.2) is 30.3 Å². The SMILES string of the molecule is CN(C)CCOc1nc(C(=O)O)cc2ccccc12. The summed E-state index contributed by atoms with van der Waals surface area (Å²) in [7, 11) is 3.89. The maximum absolute atomic E-state index is 11.1. The standard InChI is InChI=1S/C14H16N2O3/c1-16(2)7-8-19-13-11-6-4-3-5-10(11)9-12(15-13)14(17)18/h3-6,9H,7-8H2,1-2H3,(H,17,18). The minimum atomic E-state index is -1.05. The second kappa shape index (κ2) is 5.67. The van der Waals surface area contributed by atoms with E-state index < -0.39 is 5.97 Å². The van der Waals surface area contributed by atoms with Gasteiger partial charge < -0.3 is 14.7 Å². The first-order chi connectivity index (χ1) is 9.08. The number of pyridine rings is 1. The van der Waals surface area contributed by atoms with Crippen LogP contribution >= 0.6 is 0 Å². The van der Waals surface area contributed by atoms with E-state index in [1.54, 1.807) is 6.07 Å². The maximum atomic E-state index is 11.1. The molecule has 0 atom stereocenters. The van der Waals surface area contributed by atoms with Gasteiger partial charge in [0.2, 0.25) is 5.88 Å². The van der Waals surface area contributed by atoms with Crippen molar-refractivity contribution in [2.24, 2.45) is 0 Å². The first-order valence-electron chi connectivity index (χ1n) is 5.98. The van der Waals surface area contributed by atoms with E-state index in [1.165, 1.54) is 0 Å². The molecule has 5 nitrogen and oxygen atoms in total. The Kier molecular flexibility index (Phi) is 3.97. The molecule has 0 aliphatic heterocycles. The number of hydrogen-bond acceptors (Lipinski definition) is 4. The van der Waals surface area contributed by atoms with Crippen molar-refractivity contribution >= 4 is 16.7 Å². The zero-order chi connectivity index (χ0) is 13.8. The van der Waals surface area contributed by atoms with Crippen molar-refractivity contribution in [2.75, 3.05) is 27.2 Å². The first-order valence-corrected chi connectivity index (χ1v) is 5.98. The van der Waals surface area contributed by atoms with Crippen LogP contribution in [0.1, 0.15) is 10.5 Å². The van der Waals surface area contributed by atoms with Crippen molar-refractivity contribution in [1.29, 1.82) is 0 Å². The zero-order valence-corrected chi connectivity index (χ0v) is 11.0. The third kappa shape index (κ3) is 3.20. The van der Waals surface area contributed by atoms with E-state index >= 15 is 0 Å². The average Bonchev–Trinajstić information content (AvgIpc) is 2.38. The van der Waals surface area contributed by atoms with Crippen LogP contribution < -0.4 is 4.74 Å². The van der Waals surface area contributed by atoms with E-state index in [-0.39, 0.29) is 5.69 Å². The predicted molar refractivity (Wildman–Crippen MR) is 72.8 cm³/mol. The molecule has 0 unspecified atom stereocenters. The molecule has 0 saturated heterocycles. The van der Waals surface area contributed by atoms with E-state index in [9.17, 15) is 4.79 Å². The molecule has 0 radical (unpaired) electrons. The Balaban J connectivity index is 2.36. The Labute approximate surface area is 111 Å². The summed E-state index contributed by atoms with van der Waals surface area (Å²) in [5, 5.41) is 10.7. The van der Waals surface area contributed by atoms with Gasteiger partial charge in [-0.2, -0.15) is 0 Å². The van der Waals surface area contributed by atoms with Gasteiger partial charge in [-0.25, -0.2) is 9.78 Å². The molecule has 0 saturated carbocycles. The van der Waals surface area contributed by atoms with Gasteiger partial charge in [0.15, 0.2) is 5.69 Å². The van der Waals surface area contributed by atoms with Crippen LogP contribution in [0.5, 0.6) is 5.88 Å². The van der Waals surface area contributed by atoms with Gasteiger partial charge in [0, 0.05) is 11.9 Å². The summed E-state index contributed by atoms with van der Waals surface area (Å²) in [5.74, 6) is -0.680. The Bertz CT molecular complexity index is 596. The number of aromatic nitrogens is 1. The van der Waals surface area contributed by atoms with Gasteiger partial charge in [-0.05, 0) is 31.6 Å². The molecule has 100 valence electrons. The molecule has 0 aliphatic carbocycles. The molecule has 5 heteroatoms. The van der Waals surface area contributed by atoms with Crippen LogP contribution in [0.25, 0.3) is 10.8 Å². The quantitative estimate of drug-likeness (QED) is 0.889. The lowest BCUT2D eigenvalue weighted by Crippen LogP contribution is -2.20. The fourth-order valence-electron chi connectivity index (χ4n) is 1.71. The van der Waals surface area contributed by atoms with Crippen LogP contribution in [-0.2, 0) is 0 Å². The largest absolute Gasteiger partial charge is 0.477 e. The van der Waals surface area contributed by atoms with E-state index in [0.717, 1.165) is 17.3 Å². The molecule has 0 aliphatic rings. The first kappa shape index (κ1) is 13.3. The van der Waals surface area contributed by atoms with Crippen molar-refractivity contribution in [1.82, 2.24) is 9.88 Å². The highest BCUT2D eigenvalue weighted by Gasteiger charge is 2.11. The number of rotatable bonds is 5. The molecule has 2 aromatic rings. The molecule has 2 rings (SSSR count). The minimum Gasteiger partial charge on any atom is -0.477 e. The van der Waals surface area contributed by atoms with Gasteiger partial charge in [0.05, 0.1) is 0 Å². The van der Waals surface area contributed by atoms with Crippen molar-refractivity contribution < 1.29 is 14.6 Å². The van der Waals surface area contributed by atoms with E-state index in [1.807, 2.05) is 43.3 Å². The van der Waals surface area contributed by atoms with E-state index in [4.69, 9.17) is 9.84 Å². The number of benzene rings is 1. The molecule has 0 bridgehead atoms. The predicted octanol–water partition coefficient (Wildman–Crippen LogP) is 1.87. The van der Waals surface area contributed by atoms with Crippen molar-refractivity contribution in [3.05, 3.63) is 36.0 Å². The van der Waals surface area contributed by atoms with Gasteiger partial charge in [0.1, 0.15) is 6.61 Å². The molecule has 0 fully saturated rings. The summed E-state index contributed by atoms with van der Waals surface area (Å²) >= 11 is 0. The molecular weight excluding hydrogens is 244 g/mol. The van der Waals surface area contributed by atoms with Gasteiger partial charge >= 0.3 is 5.97 Å². The van der Waals surface area contributed by atoms with Gasteiger partial charge in [-0.1, -0.05) is 18.2 Å². The van der Waals surface area contributed by atoms with Crippen LogP contribution in [0.4, 0.5) is 0 Å². The van der Waals surface area contributed by atoms with E-state index in [2.05, 4.69) is 4.98 Å².